The smallest absolute Gasteiger partial charge is 0.333 e. The molecule has 7 aromatic rings. The monoisotopic (exact) mass is 556 g/mol. The maximum atomic E-state index is 2.87. The van der Waals surface area contributed by atoms with Gasteiger partial charge in [0.25, 0.3) is 0 Å². The summed E-state index contributed by atoms with van der Waals surface area (Å²) >= 11 is 1.97. The van der Waals surface area contributed by atoms with E-state index in [0.717, 1.165) is 0 Å². The molecule has 0 bridgehead atoms. The van der Waals surface area contributed by atoms with Gasteiger partial charge in [0.05, 0.1) is 10.4 Å². The van der Waals surface area contributed by atoms with Gasteiger partial charge in [0.1, 0.15) is 0 Å². The Morgan fingerprint density at radius 3 is 2.45 bits per heavy atom. The fraction of sp³-hybridized carbons (Fsp3) is 0.211. The Bertz CT molecular complexity index is 2380. The second-order valence-corrected chi connectivity index (χ2v) is 14.6. The SMILES string of the molecule is CC12CCCCC1(C)N1c3c(cccc32)B2c3c(cc4ccccc4c31)-c1cccc3c4c5ccccc5sc4n2c13. The number of anilines is 2. The zero-order valence-electron chi connectivity index (χ0n) is 23.9. The molecule has 200 valence electrons. The molecule has 0 N–H and O–H groups in total. The fourth-order valence-corrected chi connectivity index (χ4v) is 11.2. The summed E-state index contributed by atoms with van der Waals surface area (Å²) in [4.78, 5) is 4.28. The summed E-state index contributed by atoms with van der Waals surface area (Å²) in [6.45, 7) is 5.31. The van der Waals surface area contributed by atoms with Gasteiger partial charge in [0.2, 0.25) is 0 Å². The first-order chi connectivity index (χ1) is 20.6. The first kappa shape index (κ1) is 22.6. The van der Waals surface area contributed by atoms with Crippen molar-refractivity contribution in [1.29, 1.82) is 0 Å². The molecule has 5 aromatic carbocycles. The standard InChI is InChI=1S/C38H29BN2S/c1-37-19-7-8-20-38(37,2)40-34-23-12-4-3-11-22(23)21-27-24-14-9-15-26-31-25-13-5-6-18-30(25)42-36(31)41(33(24)26)39(32(27)34)29-17-10-16-28(37)35(29)40/h3-6,9-18,21H,7-8,19-20H2,1-2H3. The van der Waals surface area contributed by atoms with E-state index in [0.29, 0.717) is 0 Å². The van der Waals surface area contributed by atoms with E-state index in [-0.39, 0.29) is 17.8 Å². The number of aromatic nitrogens is 1. The van der Waals surface area contributed by atoms with Gasteiger partial charge in [0, 0.05) is 54.1 Å². The summed E-state index contributed by atoms with van der Waals surface area (Å²) in [5.41, 5.74) is 11.9. The first-order valence-corrected chi connectivity index (χ1v) is 16.4. The van der Waals surface area contributed by atoms with Gasteiger partial charge in [-0.05, 0) is 59.3 Å². The normalized spacial score (nSPS) is 23.2. The number of fused-ring (bicyclic) bond motifs is 14. The average molecular weight is 557 g/mol. The van der Waals surface area contributed by atoms with Crippen LogP contribution in [-0.2, 0) is 5.41 Å². The lowest BCUT2D eigenvalue weighted by Gasteiger charge is -2.52. The van der Waals surface area contributed by atoms with E-state index >= 15 is 0 Å². The number of nitrogens with zero attached hydrogens (tertiary/aromatic N) is 2. The van der Waals surface area contributed by atoms with Gasteiger partial charge in [-0.1, -0.05) is 98.6 Å². The first-order valence-electron chi connectivity index (χ1n) is 15.5. The third-order valence-electron chi connectivity index (χ3n) is 11.9. The van der Waals surface area contributed by atoms with E-state index in [1.807, 2.05) is 11.3 Å². The van der Waals surface area contributed by atoms with Crippen molar-refractivity contribution in [1.82, 2.24) is 4.48 Å². The highest BCUT2D eigenvalue weighted by Gasteiger charge is 2.61. The second-order valence-electron chi connectivity index (χ2n) is 13.6. The molecule has 11 rings (SSSR count). The van der Waals surface area contributed by atoms with Gasteiger partial charge in [-0.2, -0.15) is 0 Å². The maximum absolute atomic E-state index is 2.87. The van der Waals surface area contributed by atoms with E-state index in [2.05, 4.69) is 114 Å². The largest absolute Gasteiger partial charge is 0.367 e. The highest BCUT2D eigenvalue weighted by Crippen LogP contribution is 2.62. The highest BCUT2D eigenvalue weighted by atomic mass is 32.1. The molecule has 2 atom stereocenters. The van der Waals surface area contributed by atoms with Crippen LogP contribution >= 0.6 is 11.3 Å². The van der Waals surface area contributed by atoms with Gasteiger partial charge in [-0.15, -0.1) is 11.3 Å². The quantitative estimate of drug-likeness (QED) is 0.169. The lowest BCUT2D eigenvalue weighted by molar-refractivity contribution is 0.195. The zero-order valence-corrected chi connectivity index (χ0v) is 24.7. The van der Waals surface area contributed by atoms with Gasteiger partial charge in [-0.3, -0.25) is 0 Å². The van der Waals surface area contributed by atoms with Crippen LogP contribution in [0.3, 0.4) is 0 Å². The van der Waals surface area contributed by atoms with Crippen LogP contribution in [0, 0.1) is 0 Å². The molecule has 5 heterocycles. The molecule has 0 radical (unpaired) electrons. The number of rotatable bonds is 0. The van der Waals surface area contributed by atoms with E-state index in [1.54, 1.807) is 5.56 Å². The van der Waals surface area contributed by atoms with Crippen molar-refractivity contribution in [2.24, 2.45) is 0 Å². The zero-order chi connectivity index (χ0) is 27.5. The van der Waals surface area contributed by atoms with Gasteiger partial charge < -0.3 is 9.38 Å². The Kier molecular flexibility index (Phi) is 3.83. The molecule has 0 saturated heterocycles. The molecule has 2 aromatic heterocycles. The van der Waals surface area contributed by atoms with Crippen molar-refractivity contribution in [3.63, 3.8) is 0 Å². The highest BCUT2D eigenvalue weighted by molar-refractivity contribution is 7.26. The van der Waals surface area contributed by atoms with Crippen LogP contribution < -0.4 is 15.8 Å². The predicted molar refractivity (Wildman–Crippen MR) is 181 cm³/mol. The van der Waals surface area contributed by atoms with Crippen molar-refractivity contribution in [2.45, 2.75) is 50.5 Å². The van der Waals surface area contributed by atoms with E-state index in [9.17, 15) is 0 Å². The van der Waals surface area contributed by atoms with Crippen LogP contribution in [0.2, 0.25) is 0 Å². The number of para-hydroxylation sites is 2. The molecule has 2 nitrogen and oxygen atoms in total. The summed E-state index contributed by atoms with van der Waals surface area (Å²) in [7, 11) is 0. The van der Waals surface area contributed by atoms with Gasteiger partial charge >= 0.3 is 6.85 Å². The number of thiophene rings is 1. The van der Waals surface area contributed by atoms with E-state index in [1.165, 1.54) is 101 Å². The molecule has 42 heavy (non-hydrogen) atoms. The molecule has 1 fully saturated rings. The van der Waals surface area contributed by atoms with Gasteiger partial charge in [-0.25, -0.2) is 0 Å². The fourth-order valence-electron chi connectivity index (χ4n) is 9.90. The Labute approximate surface area is 249 Å². The molecule has 2 unspecified atom stereocenters. The minimum atomic E-state index is 0.0441. The van der Waals surface area contributed by atoms with Crippen molar-refractivity contribution < 1.29 is 0 Å². The minimum absolute atomic E-state index is 0.0441. The van der Waals surface area contributed by atoms with Crippen LogP contribution in [0.4, 0.5) is 11.4 Å². The van der Waals surface area contributed by atoms with Crippen LogP contribution in [0.5, 0.6) is 0 Å². The van der Waals surface area contributed by atoms with Crippen LogP contribution in [-0.4, -0.2) is 16.9 Å². The Hall–Kier alpha value is -4.02. The van der Waals surface area contributed by atoms with Crippen molar-refractivity contribution in [3.05, 3.63) is 96.6 Å². The topological polar surface area (TPSA) is 8.17 Å². The lowest BCUT2D eigenvalue weighted by atomic mass is 9.45. The average Bonchev–Trinajstić information content (AvgIpc) is 3.62. The maximum Gasteiger partial charge on any atom is 0.333 e. The Morgan fingerprint density at radius 2 is 1.52 bits per heavy atom. The summed E-state index contributed by atoms with van der Waals surface area (Å²) < 4.78 is 4.13. The molecule has 3 aliphatic heterocycles. The molecular weight excluding hydrogens is 527 g/mol. The molecule has 4 aliphatic rings. The second kappa shape index (κ2) is 7.13. The van der Waals surface area contributed by atoms with E-state index < -0.39 is 0 Å². The van der Waals surface area contributed by atoms with Crippen LogP contribution in [0.1, 0.15) is 45.1 Å². The number of benzene rings is 5. The van der Waals surface area contributed by atoms with Crippen LogP contribution in [0.15, 0.2) is 91.0 Å². The lowest BCUT2D eigenvalue weighted by Crippen LogP contribution is -2.61. The molecule has 1 aliphatic carbocycles. The third kappa shape index (κ3) is 2.25. The molecule has 1 saturated carbocycles. The van der Waals surface area contributed by atoms with E-state index in [4.69, 9.17) is 0 Å². The predicted octanol–water partition coefficient (Wildman–Crippen LogP) is 8.85. The Morgan fingerprint density at radius 1 is 0.738 bits per heavy atom. The van der Waals surface area contributed by atoms with Crippen molar-refractivity contribution >= 4 is 82.5 Å². The molecule has 0 spiro atoms. The Balaban J connectivity index is 1.40. The summed E-state index contributed by atoms with van der Waals surface area (Å²) in [6, 6.07) is 35.0. The number of hydrogen-bond acceptors (Lipinski definition) is 2. The van der Waals surface area contributed by atoms with Crippen molar-refractivity contribution in [2.75, 3.05) is 4.90 Å². The minimum Gasteiger partial charge on any atom is -0.367 e. The van der Waals surface area contributed by atoms with Gasteiger partial charge in [0.15, 0.2) is 0 Å². The molecule has 4 heteroatoms. The summed E-state index contributed by atoms with van der Waals surface area (Å²) in [5.74, 6) is 0. The summed E-state index contributed by atoms with van der Waals surface area (Å²) in [6.07, 6.45) is 5.09. The number of hydrogen-bond donors (Lipinski definition) is 0. The van der Waals surface area contributed by atoms with Crippen molar-refractivity contribution in [3.8, 4) is 11.1 Å². The molecular formula is C38H29BN2S. The third-order valence-corrected chi connectivity index (χ3v) is 13.1. The summed E-state index contributed by atoms with van der Waals surface area (Å²) in [5, 5.41) is 6.95. The molecule has 0 amide bonds. The van der Waals surface area contributed by atoms with Crippen LogP contribution in [0.25, 0.3) is 53.1 Å².